The summed E-state index contributed by atoms with van der Waals surface area (Å²) in [6.07, 6.45) is 1.16. The van der Waals surface area contributed by atoms with E-state index in [1.165, 1.54) is 0 Å². The first-order valence-corrected chi connectivity index (χ1v) is 6.90. The van der Waals surface area contributed by atoms with Gasteiger partial charge in [0.05, 0.1) is 12.8 Å². The Hall–Kier alpha value is -0.800. The Morgan fingerprint density at radius 2 is 2.28 bits per heavy atom. The number of alkyl halides is 1. The molecule has 0 saturated carbocycles. The number of nitrogens with zero attached hydrogens (tertiary/aromatic N) is 2. The van der Waals surface area contributed by atoms with Gasteiger partial charge in [0, 0.05) is 36.3 Å². The molecule has 4 heteroatoms. The largest absolute Gasteiger partial charge is 0.497 e. The van der Waals surface area contributed by atoms with Crippen molar-refractivity contribution in [3.05, 3.63) is 23.5 Å². The molecule has 0 radical (unpaired) electrons. The summed E-state index contributed by atoms with van der Waals surface area (Å²) in [4.78, 5) is 6.93. The third-order valence-electron chi connectivity index (χ3n) is 3.55. The second-order valence-corrected chi connectivity index (χ2v) is 5.72. The first-order chi connectivity index (χ1) is 8.58. The molecule has 1 fully saturated rings. The lowest BCUT2D eigenvalue weighted by molar-refractivity contribution is 0.187. The molecule has 18 heavy (non-hydrogen) atoms. The van der Waals surface area contributed by atoms with Crippen molar-refractivity contribution in [3.63, 3.8) is 0 Å². The van der Waals surface area contributed by atoms with Crippen LogP contribution in [-0.2, 0) is 6.54 Å². The lowest BCUT2D eigenvalue weighted by atomic mass is 9.98. The van der Waals surface area contributed by atoms with Crippen LogP contribution in [0.15, 0.2) is 12.1 Å². The minimum Gasteiger partial charge on any atom is -0.497 e. The van der Waals surface area contributed by atoms with Crippen LogP contribution in [0.1, 0.15) is 24.7 Å². The first kappa shape index (κ1) is 13.6. The van der Waals surface area contributed by atoms with Crippen LogP contribution in [0.2, 0.25) is 0 Å². The van der Waals surface area contributed by atoms with Crippen molar-refractivity contribution < 1.29 is 4.74 Å². The summed E-state index contributed by atoms with van der Waals surface area (Å²) in [6.45, 7) is 7.12. The highest BCUT2D eigenvalue weighted by Gasteiger charge is 2.24. The summed E-state index contributed by atoms with van der Waals surface area (Å²) < 4.78 is 5.28. The highest BCUT2D eigenvalue weighted by molar-refractivity contribution is 6.21. The van der Waals surface area contributed by atoms with E-state index in [-0.39, 0.29) is 5.38 Å². The molecule has 0 aromatic carbocycles. The van der Waals surface area contributed by atoms with E-state index in [0.29, 0.717) is 5.92 Å². The minimum atomic E-state index is 0.255. The van der Waals surface area contributed by atoms with Gasteiger partial charge in [0.1, 0.15) is 5.75 Å². The van der Waals surface area contributed by atoms with Crippen LogP contribution in [0, 0.1) is 12.8 Å². The smallest absolute Gasteiger partial charge is 0.122 e. The fourth-order valence-corrected chi connectivity index (χ4v) is 2.68. The molecule has 2 unspecified atom stereocenters. The van der Waals surface area contributed by atoms with Gasteiger partial charge in [0.15, 0.2) is 0 Å². The van der Waals surface area contributed by atoms with E-state index >= 15 is 0 Å². The zero-order chi connectivity index (χ0) is 13.1. The molecule has 100 valence electrons. The second-order valence-electron chi connectivity index (χ2n) is 5.16. The SMILES string of the molecule is COc1cc(C)nc(CN2CCC(C)C(Cl)C2)c1. The Kier molecular flexibility index (Phi) is 4.46. The maximum absolute atomic E-state index is 6.33. The van der Waals surface area contributed by atoms with Crippen LogP contribution in [0.4, 0.5) is 0 Å². The van der Waals surface area contributed by atoms with Crippen molar-refractivity contribution in [2.24, 2.45) is 5.92 Å². The quantitative estimate of drug-likeness (QED) is 0.789. The molecule has 1 aromatic rings. The predicted octanol–water partition coefficient (Wildman–Crippen LogP) is 2.85. The third-order valence-corrected chi connectivity index (χ3v) is 4.12. The fourth-order valence-electron chi connectivity index (χ4n) is 2.36. The molecule has 0 amide bonds. The number of ether oxygens (including phenoxy) is 1. The summed E-state index contributed by atoms with van der Waals surface area (Å²) in [5, 5.41) is 0.255. The van der Waals surface area contributed by atoms with Crippen molar-refractivity contribution in [1.82, 2.24) is 9.88 Å². The minimum absolute atomic E-state index is 0.255. The number of halogens is 1. The molecule has 0 bridgehead atoms. The molecule has 0 spiro atoms. The summed E-state index contributed by atoms with van der Waals surface area (Å²) in [7, 11) is 1.69. The van der Waals surface area contributed by atoms with Crippen LogP contribution < -0.4 is 4.74 Å². The van der Waals surface area contributed by atoms with Gasteiger partial charge < -0.3 is 4.74 Å². The Morgan fingerprint density at radius 3 is 2.94 bits per heavy atom. The Bertz CT molecular complexity index is 411. The number of aromatic nitrogens is 1. The predicted molar refractivity (Wildman–Crippen MR) is 74.2 cm³/mol. The first-order valence-electron chi connectivity index (χ1n) is 6.46. The average molecular weight is 269 g/mol. The third kappa shape index (κ3) is 3.36. The van der Waals surface area contributed by atoms with E-state index in [1.54, 1.807) is 7.11 Å². The number of aryl methyl sites for hydroxylation is 1. The number of piperidine rings is 1. The molecule has 3 nitrogen and oxygen atoms in total. The van der Waals surface area contributed by atoms with Gasteiger partial charge in [-0.15, -0.1) is 11.6 Å². The highest BCUT2D eigenvalue weighted by atomic mass is 35.5. The maximum Gasteiger partial charge on any atom is 0.122 e. The van der Waals surface area contributed by atoms with E-state index in [2.05, 4.69) is 16.8 Å². The molecule has 1 aliphatic heterocycles. The van der Waals surface area contributed by atoms with Gasteiger partial charge in [-0.2, -0.15) is 0 Å². The van der Waals surface area contributed by atoms with Crippen LogP contribution >= 0.6 is 11.6 Å². The van der Waals surface area contributed by atoms with Gasteiger partial charge in [-0.1, -0.05) is 6.92 Å². The van der Waals surface area contributed by atoms with E-state index in [4.69, 9.17) is 16.3 Å². The van der Waals surface area contributed by atoms with Crippen molar-refractivity contribution >= 4 is 11.6 Å². The van der Waals surface area contributed by atoms with Crippen molar-refractivity contribution in [1.29, 1.82) is 0 Å². The van der Waals surface area contributed by atoms with Crippen LogP contribution in [0.25, 0.3) is 0 Å². The standard InChI is InChI=1S/C14H21ClN2O/c1-10-4-5-17(9-14(10)15)8-12-7-13(18-3)6-11(2)16-12/h6-7,10,14H,4-5,8-9H2,1-3H3. The van der Waals surface area contributed by atoms with Crippen LogP contribution in [0.5, 0.6) is 5.75 Å². The van der Waals surface area contributed by atoms with Crippen LogP contribution in [0.3, 0.4) is 0 Å². The second kappa shape index (κ2) is 5.89. The monoisotopic (exact) mass is 268 g/mol. The number of hydrogen-bond acceptors (Lipinski definition) is 3. The summed E-state index contributed by atoms with van der Waals surface area (Å²) in [5.41, 5.74) is 2.06. The summed E-state index contributed by atoms with van der Waals surface area (Å²) >= 11 is 6.33. The van der Waals surface area contributed by atoms with Crippen molar-refractivity contribution in [3.8, 4) is 5.75 Å². The molecule has 0 N–H and O–H groups in total. The Balaban J connectivity index is 2.03. The normalized spacial score (nSPS) is 25.1. The number of methoxy groups -OCH3 is 1. The molecular formula is C14H21ClN2O. The number of hydrogen-bond donors (Lipinski definition) is 0. The zero-order valence-corrected chi connectivity index (χ0v) is 12.1. The van der Waals surface area contributed by atoms with Gasteiger partial charge in [-0.05, 0) is 25.8 Å². The molecule has 0 aliphatic carbocycles. The van der Waals surface area contributed by atoms with Gasteiger partial charge in [0.25, 0.3) is 0 Å². The molecule has 1 saturated heterocycles. The van der Waals surface area contributed by atoms with E-state index in [1.807, 2.05) is 19.1 Å². The van der Waals surface area contributed by atoms with E-state index in [9.17, 15) is 0 Å². The summed E-state index contributed by atoms with van der Waals surface area (Å²) in [6, 6.07) is 3.96. The Labute approximate surface area is 114 Å². The van der Waals surface area contributed by atoms with Gasteiger partial charge in [-0.25, -0.2) is 0 Å². The van der Waals surface area contributed by atoms with Crippen molar-refractivity contribution in [2.45, 2.75) is 32.2 Å². The van der Waals surface area contributed by atoms with E-state index < -0.39 is 0 Å². The van der Waals surface area contributed by atoms with E-state index in [0.717, 1.165) is 43.2 Å². The number of rotatable bonds is 3. The lowest BCUT2D eigenvalue weighted by Crippen LogP contribution is -2.39. The lowest BCUT2D eigenvalue weighted by Gasteiger charge is -2.33. The molecule has 1 aliphatic rings. The average Bonchev–Trinajstić information content (AvgIpc) is 2.33. The van der Waals surface area contributed by atoms with Gasteiger partial charge in [-0.3, -0.25) is 9.88 Å². The van der Waals surface area contributed by atoms with Gasteiger partial charge in [0.2, 0.25) is 0 Å². The molecule has 2 heterocycles. The number of likely N-dealkylation sites (tertiary alicyclic amines) is 1. The highest BCUT2D eigenvalue weighted by Crippen LogP contribution is 2.23. The fraction of sp³-hybridized carbons (Fsp3) is 0.643. The Morgan fingerprint density at radius 1 is 1.50 bits per heavy atom. The zero-order valence-electron chi connectivity index (χ0n) is 11.3. The number of pyridine rings is 1. The molecular weight excluding hydrogens is 248 g/mol. The molecule has 1 aromatic heterocycles. The van der Waals surface area contributed by atoms with Gasteiger partial charge >= 0.3 is 0 Å². The van der Waals surface area contributed by atoms with Crippen LogP contribution in [-0.4, -0.2) is 35.5 Å². The van der Waals surface area contributed by atoms with Crippen molar-refractivity contribution in [2.75, 3.05) is 20.2 Å². The summed E-state index contributed by atoms with van der Waals surface area (Å²) in [5.74, 6) is 1.49. The molecule has 2 rings (SSSR count). The molecule has 2 atom stereocenters. The maximum atomic E-state index is 6.33. The topological polar surface area (TPSA) is 25.4 Å².